The Kier molecular flexibility index (Phi) is 5.31. The Balaban J connectivity index is 1.82. The molecule has 0 aliphatic carbocycles. The second-order valence-electron chi connectivity index (χ2n) is 6.09. The normalized spacial score (nSPS) is 14.7. The van der Waals surface area contributed by atoms with Crippen molar-refractivity contribution >= 4 is 32.6 Å². The molecule has 140 valence electrons. The molecule has 0 unspecified atom stereocenters. The standard InChI is InChI=1S/C17H21N3O4S2/c1-4-24-17(21)19-16-18-13-7-8-20(10-14(13)25-16)26(22,23)15-9-11(2)5-6-12(15)3/h5-6,9H,4,7-8,10H2,1-3H3,(H,18,19,21). The first-order valence-electron chi connectivity index (χ1n) is 8.31. The van der Waals surface area contributed by atoms with Crippen molar-refractivity contribution in [1.82, 2.24) is 9.29 Å². The highest BCUT2D eigenvalue weighted by Crippen LogP contribution is 2.32. The molecule has 3 rings (SSSR count). The molecule has 1 N–H and O–H groups in total. The molecule has 1 aromatic carbocycles. The molecule has 2 heterocycles. The average Bonchev–Trinajstić information content (AvgIpc) is 2.98. The monoisotopic (exact) mass is 395 g/mol. The van der Waals surface area contributed by atoms with Crippen LogP contribution in [0.15, 0.2) is 23.1 Å². The van der Waals surface area contributed by atoms with Crippen molar-refractivity contribution in [2.45, 2.75) is 38.6 Å². The van der Waals surface area contributed by atoms with Gasteiger partial charge in [0.2, 0.25) is 10.0 Å². The number of rotatable bonds is 4. The number of fused-ring (bicyclic) bond motifs is 1. The van der Waals surface area contributed by atoms with Crippen molar-refractivity contribution in [3.8, 4) is 0 Å². The summed E-state index contributed by atoms with van der Waals surface area (Å²) in [7, 11) is -3.58. The molecular formula is C17H21N3O4S2. The van der Waals surface area contributed by atoms with Crippen LogP contribution in [0.4, 0.5) is 9.93 Å². The van der Waals surface area contributed by atoms with Gasteiger partial charge in [-0.1, -0.05) is 23.5 Å². The highest BCUT2D eigenvalue weighted by atomic mass is 32.2. The predicted molar refractivity (Wildman–Crippen MR) is 100.0 cm³/mol. The molecule has 0 fully saturated rings. The summed E-state index contributed by atoms with van der Waals surface area (Å²) in [4.78, 5) is 17.1. The van der Waals surface area contributed by atoms with E-state index in [1.165, 1.54) is 15.6 Å². The van der Waals surface area contributed by atoms with E-state index < -0.39 is 16.1 Å². The lowest BCUT2D eigenvalue weighted by atomic mass is 10.2. The number of amides is 1. The zero-order chi connectivity index (χ0) is 18.9. The fourth-order valence-electron chi connectivity index (χ4n) is 2.81. The molecule has 0 radical (unpaired) electrons. The maximum absolute atomic E-state index is 13.1. The van der Waals surface area contributed by atoms with Crippen molar-refractivity contribution in [1.29, 1.82) is 0 Å². The number of nitrogens with zero attached hydrogens (tertiary/aromatic N) is 2. The lowest BCUT2D eigenvalue weighted by Gasteiger charge is -2.26. The summed E-state index contributed by atoms with van der Waals surface area (Å²) in [6.45, 7) is 6.30. The van der Waals surface area contributed by atoms with Crippen LogP contribution in [0.2, 0.25) is 0 Å². The van der Waals surface area contributed by atoms with Gasteiger partial charge < -0.3 is 4.74 Å². The summed E-state index contributed by atoms with van der Waals surface area (Å²) in [5.41, 5.74) is 2.47. The number of aromatic nitrogens is 1. The summed E-state index contributed by atoms with van der Waals surface area (Å²) in [6, 6.07) is 5.44. The molecule has 1 aliphatic heterocycles. The van der Waals surface area contributed by atoms with Crippen LogP contribution in [0.1, 0.15) is 28.6 Å². The second kappa shape index (κ2) is 7.34. The predicted octanol–water partition coefficient (Wildman–Crippen LogP) is 3.08. The molecule has 0 saturated carbocycles. The molecule has 1 aromatic heterocycles. The Morgan fingerprint density at radius 3 is 2.88 bits per heavy atom. The van der Waals surface area contributed by atoms with Crippen LogP contribution in [0, 0.1) is 13.8 Å². The van der Waals surface area contributed by atoms with Crippen molar-refractivity contribution in [3.05, 3.63) is 39.9 Å². The number of sulfonamides is 1. The highest BCUT2D eigenvalue weighted by molar-refractivity contribution is 7.89. The topological polar surface area (TPSA) is 88.6 Å². The Labute approximate surface area is 157 Å². The van der Waals surface area contributed by atoms with Gasteiger partial charge in [0, 0.05) is 17.8 Å². The van der Waals surface area contributed by atoms with E-state index in [0.717, 1.165) is 21.7 Å². The molecule has 0 saturated heterocycles. The van der Waals surface area contributed by atoms with Gasteiger partial charge in [-0.15, -0.1) is 0 Å². The minimum absolute atomic E-state index is 0.257. The second-order valence-corrected chi connectivity index (χ2v) is 9.08. The number of nitrogens with one attached hydrogen (secondary N) is 1. The van der Waals surface area contributed by atoms with E-state index in [0.29, 0.717) is 23.0 Å². The van der Waals surface area contributed by atoms with Crippen LogP contribution in [0.25, 0.3) is 0 Å². The van der Waals surface area contributed by atoms with Gasteiger partial charge in [-0.3, -0.25) is 5.32 Å². The SMILES string of the molecule is CCOC(=O)Nc1nc2c(s1)CN(S(=O)(=O)c1cc(C)ccc1C)CC2. The molecule has 26 heavy (non-hydrogen) atoms. The van der Waals surface area contributed by atoms with Gasteiger partial charge in [0.1, 0.15) is 0 Å². The number of anilines is 1. The van der Waals surface area contributed by atoms with Crippen molar-refractivity contribution in [2.24, 2.45) is 0 Å². The molecule has 0 bridgehead atoms. The third kappa shape index (κ3) is 3.74. The van der Waals surface area contributed by atoms with Crippen molar-refractivity contribution in [2.75, 3.05) is 18.5 Å². The highest BCUT2D eigenvalue weighted by Gasteiger charge is 2.31. The van der Waals surface area contributed by atoms with Gasteiger partial charge >= 0.3 is 6.09 Å². The van der Waals surface area contributed by atoms with Gasteiger partial charge in [0.05, 0.1) is 23.7 Å². The summed E-state index contributed by atoms with van der Waals surface area (Å²) in [6.07, 6.45) is -0.0427. The third-order valence-electron chi connectivity index (χ3n) is 4.14. The first-order chi connectivity index (χ1) is 12.3. The summed E-state index contributed by atoms with van der Waals surface area (Å²) >= 11 is 1.28. The first kappa shape index (κ1) is 18.8. The largest absolute Gasteiger partial charge is 0.450 e. The van der Waals surface area contributed by atoms with E-state index in [2.05, 4.69) is 10.3 Å². The minimum Gasteiger partial charge on any atom is -0.450 e. The van der Waals surface area contributed by atoms with Crippen LogP contribution < -0.4 is 5.32 Å². The number of benzene rings is 1. The van der Waals surface area contributed by atoms with Gasteiger partial charge in [-0.05, 0) is 38.0 Å². The van der Waals surface area contributed by atoms with E-state index in [9.17, 15) is 13.2 Å². The lowest BCUT2D eigenvalue weighted by Crippen LogP contribution is -2.35. The van der Waals surface area contributed by atoms with E-state index in [1.54, 1.807) is 19.9 Å². The molecule has 0 atom stereocenters. The molecule has 1 amide bonds. The molecule has 1 aliphatic rings. The Morgan fingerprint density at radius 2 is 2.15 bits per heavy atom. The first-order valence-corrected chi connectivity index (χ1v) is 10.6. The summed E-state index contributed by atoms with van der Waals surface area (Å²) < 4.78 is 32.4. The minimum atomic E-state index is -3.58. The Hall–Kier alpha value is -1.97. The van der Waals surface area contributed by atoms with Gasteiger partial charge in [-0.2, -0.15) is 4.31 Å². The molecule has 9 heteroatoms. The number of hydrogen-bond acceptors (Lipinski definition) is 6. The fourth-order valence-corrected chi connectivity index (χ4v) is 5.62. The van der Waals surface area contributed by atoms with E-state index in [1.807, 2.05) is 19.1 Å². The third-order valence-corrected chi connectivity index (χ3v) is 7.13. The van der Waals surface area contributed by atoms with Crippen LogP contribution in [0.5, 0.6) is 0 Å². The van der Waals surface area contributed by atoms with Crippen molar-refractivity contribution < 1.29 is 17.9 Å². The quantitative estimate of drug-likeness (QED) is 0.859. The smallest absolute Gasteiger partial charge is 0.413 e. The number of carbonyl (C=O) groups excluding carboxylic acids is 1. The summed E-state index contributed by atoms with van der Waals surface area (Å²) in [5.74, 6) is 0. The molecule has 7 nitrogen and oxygen atoms in total. The summed E-state index contributed by atoms with van der Waals surface area (Å²) in [5, 5.41) is 3.01. The Bertz CT molecular complexity index is 937. The zero-order valence-electron chi connectivity index (χ0n) is 14.9. The van der Waals surface area contributed by atoms with Crippen molar-refractivity contribution in [3.63, 3.8) is 0 Å². The number of carbonyl (C=O) groups is 1. The lowest BCUT2D eigenvalue weighted by molar-refractivity contribution is 0.168. The molecule has 0 spiro atoms. The van der Waals surface area contributed by atoms with E-state index >= 15 is 0 Å². The molecule has 2 aromatic rings. The molecular weight excluding hydrogens is 374 g/mol. The average molecular weight is 396 g/mol. The van der Waals surface area contributed by atoms with E-state index in [4.69, 9.17) is 4.74 Å². The fraction of sp³-hybridized carbons (Fsp3) is 0.412. The van der Waals surface area contributed by atoms with Gasteiger partial charge in [0.15, 0.2) is 5.13 Å². The van der Waals surface area contributed by atoms with E-state index in [-0.39, 0.29) is 13.2 Å². The Morgan fingerprint density at radius 1 is 1.38 bits per heavy atom. The number of aryl methyl sites for hydroxylation is 2. The van der Waals surface area contributed by atoms with Crippen LogP contribution >= 0.6 is 11.3 Å². The van der Waals surface area contributed by atoms with Gasteiger partial charge in [-0.25, -0.2) is 18.2 Å². The number of thiazole rings is 1. The number of ether oxygens (including phenoxy) is 1. The van der Waals surface area contributed by atoms with Gasteiger partial charge in [0.25, 0.3) is 0 Å². The zero-order valence-corrected chi connectivity index (χ0v) is 16.5. The van der Waals surface area contributed by atoms with Crippen LogP contribution in [-0.2, 0) is 27.7 Å². The maximum Gasteiger partial charge on any atom is 0.413 e. The van der Waals surface area contributed by atoms with Crippen LogP contribution in [0.3, 0.4) is 0 Å². The number of hydrogen-bond donors (Lipinski definition) is 1. The van der Waals surface area contributed by atoms with Crippen LogP contribution in [-0.4, -0.2) is 37.0 Å². The maximum atomic E-state index is 13.1.